The number of hydrogen-bond donors (Lipinski definition) is 4. The van der Waals surface area contributed by atoms with Crippen molar-refractivity contribution in [1.82, 2.24) is 31.1 Å². The first-order valence-electron chi connectivity index (χ1n) is 18.7. The van der Waals surface area contributed by atoms with Gasteiger partial charge in [-0.15, -0.1) is 6.58 Å². The van der Waals surface area contributed by atoms with Gasteiger partial charge in [-0.3, -0.25) is 33.7 Å². The lowest BCUT2D eigenvalue weighted by Gasteiger charge is -2.39. The third kappa shape index (κ3) is 8.49. The van der Waals surface area contributed by atoms with Crippen molar-refractivity contribution in [2.45, 2.75) is 105 Å². The number of nitrogens with one attached hydrogen (secondary N) is 4. The summed E-state index contributed by atoms with van der Waals surface area (Å²) in [5, 5.41) is 11.2. The number of rotatable bonds is 13. The molecule has 0 radical (unpaired) electrons. The summed E-state index contributed by atoms with van der Waals surface area (Å²) in [5.74, 6) is -3.12. The van der Waals surface area contributed by atoms with Crippen LogP contribution in [0.1, 0.15) is 90.6 Å². The Morgan fingerprint density at radius 2 is 1.62 bits per heavy atom. The summed E-state index contributed by atoms with van der Waals surface area (Å²) in [6.07, 6.45) is 3.71. The largest absolute Gasteiger partial charge is 0.346 e. The van der Waals surface area contributed by atoms with Crippen LogP contribution in [0.15, 0.2) is 36.9 Å². The minimum Gasteiger partial charge on any atom is -0.346 e. The molecule has 1 saturated heterocycles. The first-order chi connectivity index (χ1) is 24.7. The second kappa shape index (κ2) is 14.7. The van der Waals surface area contributed by atoms with Crippen molar-refractivity contribution in [2.24, 2.45) is 34.0 Å². The van der Waals surface area contributed by atoms with E-state index in [4.69, 9.17) is 0 Å². The van der Waals surface area contributed by atoms with Gasteiger partial charge in [-0.05, 0) is 52.0 Å². The van der Waals surface area contributed by atoms with Crippen LogP contribution in [-0.4, -0.2) is 95.0 Å². The van der Waals surface area contributed by atoms with Crippen molar-refractivity contribution < 1.29 is 33.6 Å². The fourth-order valence-corrected chi connectivity index (χ4v) is 7.85. The molecule has 6 atom stereocenters. The van der Waals surface area contributed by atoms with Crippen molar-refractivity contribution in [2.75, 3.05) is 19.6 Å². The van der Waals surface area contributed by atoms with E-state index in [1.807, 2.05) is 41.5 Å². The number of ketones is 1. The molecule has 53 heavy (non-hydrogen) atoms. The van der Waals surface area contributed by atoms with E-state index in [-0.39, 0.29) is 48.6 Å². The van der Waals surface area contributed by atoms with Crippen LogP contribution < -0.4 is 21.3 Å². The van der Waals surface area contributed by atoms with Gasteiger partial charge in [0.2, 0.25) is 23.5 Å². The zero-order valence-electron chi connectivity index (χ0n) is 32.3. The van der Waals surface area contributed by atoms with Gasteiger partial charge >= 0.3 is 6.03 Å². The number of amides is 7. The monoisotopic (exact) mass is 732 g/mol. The molecule has 2 saturated carbocycles. The summed E-state index contributed by atoms with van der Waals surface area (Å²) >= 11 is 0. The lowest BCUT2D eigenvalue weighted by Crippen LogP contribution is -2.63. The number of carbonyl (C=O) groups excluding carboxylic acids is 7. The van der Waals surface area contributed by atoms with Crippen molar-refractivity contribution >= 4 is 41.4 Å². The molecule has 1 aromatic carbocycles. The summed E-state index contributed by atoms with van der Waals surface area (Å²) in [6.45, 7) is 19.2. The molecule has 13 heteroatoms. The molecular formula is C40H56N6O7. The molecular weight excluding hydrogens is 676 g/mol. The maximum absolute atomic E-state index is 14.5. The van der Waals surface area contributed by atoms with Gasteiger partial charge in [0.15, 0.2) is 0 Å². The Kier molecular flexibility index (Phi) is 11.0. The van der Waals surface area contributed by atoms with Crippen molar-refractivity contribution in [3.63, 3.8) is 0 Å². The quantitative estimate of drug-likeness (QED) is 0.137. The summed E-state index contributed by atoms with van der Waals surface area (Å²) in [7, 11) is 0. The number of hydrogen-bond acceptors (Lipinski definition) is 7. The lowest BCUT2D eigenvalue weighted by atomic mass is 9.84. The van der Waals surface area contributed by atoms with E-state index in [0.29, 0.717) is 24.1 Å². The van der Waals surface area contributed by atoms with Crippen molar-refractivity contribution in [3.8, 4) is 0 Å². The number of likely N-dealkylation sites (tertiary alicyclic amines) is 1. The van der Waals surface area contributed by atoms with Gasteiger partial charge in [-0.2, -0.15) is 0 Å². The smallest absolute Gasteiger partial charge is 0.315 e. The van der Waals surface area contributed by atoms with Crippen LogP contribution in [0.2, 0.25) is 0 Å². The topological polar surface area (TPSA) is 174 Å². The van der Waals surface area contributed by atoms with E-state index in [9.17, 15) is 33.6 Å². The highest BCUT2D eigenvalue weighted by Crippen LogP contribution is 2.65. The molecule has 4 N–H and O–H groups in total. The predicted octanol–water partition coefficient (Wildman–Crippen LogP) is 2.98. The van der Waals surface area contributed by atoms with Gasteiger partial charge in [0.1, 0.15) is 12.1 Å². The second-order valence-electron chi connectivity index (χ2n) is 18.0. The fraction of sp³-hybridized carbons (Fsp3) is 0.625. The average molecular weight is 733 g/mol. The number of nitrogens with zero attached hydrogens (tertiary/aromatic N) is 2. The Morgan fingerprint density at radius 1 is 0.962 bits per heavy atom. The number of urea groups is 1. The molecule has 2 heterocycles. The fourth-order valence-electron chi connectivity index (χ4n) is 7.85. The second-order valence-corrected chi connectivity index (χ2v) is 18.0. The summed E-state index contributed by atoms with van der Waals surface area (Å²) < 4.78 is 0. The number of fused-ring (bicyclic) bond motifs is 2. The molecule has 1 aromatic rings. The number of piperidine rings is 1. The van der Waals surface area contributed by atoms with Crippen LogP contribution in [0.3, 0.4) is 0 Å². The molecule has 0 bridgehead atoms. The zero-order valence-corrected chi connectivity index (χ0v) is 32.3. The SMILES string of the molecule is C=CCNC(=O)C(=O)C(CC1CC1)NC(=O)[C@@H]1[C@@H]2[C@H](CN1C(=O)[C@@H](NC(=O)N[C@H](CN1C(=O)Cc3ccccc3C1=O)C(C)(C)C)C(C)(C)C)C2(C)C. The number of benzene rings is 1. The number of Topliss-reactive ketones (excluding diaryl/α,β-unsaturated/α-hetero) is 1. The standard InChI is InChI=1S/C40H56N6O7/c1-10-17-41-34(50)31(48)26(18-22-15-16-22)42-33(49)30-29-25(40(29,8)9)20-46(30)36(52)32(39(5,6)7)44-37(53)43-27(38(2,3)4)21-45-28(47)19-23-13-11-12-14-24(23)35(45)51/h10-14,22,25-27,29-30,32H,1,15-21H2,2-9H3,(H,41,50)(H,42,49)(H2,43,44,53)/t25-,26?,27+,29-,30-,32+/m0/s1. The highest BCUT2D eigenvalue weighted by atomic mass is 16.2. The highest BCUT2D eigenvalue weighted by molar-refractivity contribution is 6.38. The molecule has 13 nitrogen and oxygen atoms in total. The molecule has 3 fully saturated rings. The Bertz CT molecular complexity index is 1690. The highest BCUT2D eigenvalue weighted by Gasteiger charge is 2.70. The van der Waals surface area contributed by atoms with E-state index in [2.05, 4.69) is 41.7 Å². The molecule has 7 amide bonds. The minimum atomic E-state index is -1.06. The number of carbonyl (C=O) groups is 7. The number of imide groups is 1. The van der Waals surface area contributed by atoms with Gasteiger partial charge in [-0.25, -0.2) is 4.79 Å². The third-order valence-corrected chi connectivity index (χ3v) is 11.5. The molecule has 2 aliphatic carbocycles. The minimum absolute atomic E-state index is 0.0418. The van der Waals surface area contributed by atoms with E-state index in [0.717, 1.165) is 12.8 Å². The van der Waals surface area contributed by atoms with E-state index in [1.54, 1.807) is 24.3 Å². The molecule has 5 rings (SSSR count). The average Bonchev–Trinajstić information content (AvgIpc) is 3.93. The van der Waals surface area contributed by atoms with E-state index in [1.165, 1.54) is 15.9 Å². The first kappa shape index (κ1) is 39.7. The molecule has 2 aliphatic heterocycles. The van der Waals surface area contributed by atoms with Gasteiger partial charge in [0.25, 0.3) is 11.8 Å². The van der Waals surface area contributed by atoms with Crippen LogP contribution in [0, 0.1) is 34.0 Å². The van der Waals surface area contributed by atoms with E-state index >= 15 is 0 Å². The predicted molar refractivity (Wildman–Crippen MR) is 198 cm³/mol. The molecule has 288 valence electrons. The first-order valence-corrected chi connectivity index (χ1v) is 18.7. The third-order valence-electron chi connectivity index (χ3n) is 11.5. The van der Waals surface area contributed by atoms with Crippen LogP contribution in [0.25, 0.3) is 0 Å². The van der Waals surface area contributed by atoms with Gasteiger partial charge in [0, 0.05) is 25.2 Å². The lowest BCUT2D eigenvalue weighted by molar-refractivity contribution is -0.145. The maximum atomic E-state index is 14.5. The van der Waals surface area contributed by atoms with Gasteiger partial charge < -0.3 is 26.2 Å². The Balaban J connectivity index is 1.32. The summed E-state index contributed by atoms with van der Waals surface area (Å²) in [5.41, 5.74) is -0.477. The Morgan fingerprint density at radius 3 is 2.23 bits per heavy atom. The molecule has 0 spiro atoms. The molecule has 0 aromatic heterocycles. The molecule has 4 aliphatic rings. The molecule has 1 unspecified atom stereocenters. The normalized spacial score (nSPS) is 23.5. The van der Waals surface area contributed by atoms with Crippen LogP contribution >= 0.6 is 0 Å². The Hall–Kier alpha value is -4.55. The van der Waals surface area contributed by atoms with Gasteiger partial charge in [-0.1, -0.05) is 92.5 Å². The zero-order chi connectivity index (χ0) is 39.2. The van der Waals surface area contributed by atoms with E-state index < -0.39 is 70.4 Å². The maximum Gasteiger partial charge on any atom is 0.315 e. The van der Waals surface area contributed by atoms with Crippen LogP contribution in [0.4, 0.5) is 4.79 Å². The van der Waals surface area contributed by atoms with Crippen molar-refractivity contribution in [1.29, 1.82) is 0 Å². The van der Waals surface area contributed by atoms with Gasteiger partial charge in [0.05, 0.1) is 18.5 Å². The van der Waals surface area contributed by atoms with Crippen LogP contribution in [0.5, 0.6) is 0 Å². The van der Waals surface area contributed by atoms with Crippen molar-refractivity contribution in [3.05, 3.63) is 48.0 Å². The summed E-state index contributed by atoms with van der Waals surface area (Å²) in [4.78, 5) is 97.5. The summed E-state index contributed by atoms with van der Waals surface area (Å²) in [6, 6.07) is 2.67. The van der Waals surface area contributed by atoms with Crippen LogP contribution in [-0.2, 0) is 30.4 Å². The Labute approximate surface area is 312 Å².